The zero-order valence-electron chi connectivity index (χ0n) is 9.17. The molecule has 0 heterocycles. The Morgan fingerprint density at radius 1 is 1.44 bits per heavy atom. The Morgan fingerprint density at radius 2 is 2.11 bits per heavy atom. The number of hydrogen-bond donors (Lipinski definition) is 1. The van der Waals surface area contributed by atoms with Gasteiger partial charge < -0.3 is 9.84 Å². The third-order valence-electron chi connectivity index (χ3n) is 1.92. The Balaban J connectivity index is 3.22. The van der Waals surface area contributed by atoms with Crippen LogP contribution in [0.15, 0.2) is 18.2 Å². The number of nitrogens with zero attached hydrogens (tertiary/aromatic N) is 1. The number of rotatable bonds is 2. The number of ether oxygens (including phenoxy) is 1. The fourth-order valence-corrected chi connectivity index (χ4v) is 1.12. The van der Waals surface area contributed by atoms with Crippen molar-refractivity contribution in [2.24, 2.45) is 0 Å². The van der Waals surface area contributed by atoms with Gasteiger partial charge in [0.15, 0.2) is 0 Å². The molecule has 0 radical (unpaired) electrons. The van der Waals surface area contributed by atoms with E-state index in [2.05, 4.69) is 16.6 Å². The highest BCUT2D eigenvalue weighted by Gasteiger charge is 2.19. The molecule has 0 aromatic heterocycles. The summed E-state index contributed by atoms with van der Waals surface area (Å²) in [4.78, 5) is 31.4. The Kier molecular flexibility index (Phi) is 3.99. The topological polar surface area (TPSA) is 107 Å². The summed E-state index contributed by atoms with van der Waals surface area (Å²) in [5.74, 6) is 2.21. The van der Waals surface area contributed by atoms with Crippen LogP contribution < -0.4 is 0 Å². The molecule has 0 fully saturated rings. The molecule has 0 saturated heterocycles. The SMILES string of the molecule is COC(=O)C#Cc1ccc([N+](=O)[O-])c(C(=O)O)c1. The van der Waals surface area contributed by atoms with Crippen molar-refractivity contribution in [3.8, 4) is 11.8 Å². The predicted molar refractivity (Wildman–Crippen MR) is 58.9 cm³/mol. The number of carboxylic acid groups (broad SMARTS) is 1. The summed E-state index contributed by atoms with van der Waals surface area (Å²) >= 11 is 0. The van der Waals surface area contributed by atoms with Crippen LogP contribution in [0.4, 0.5) is 5.69 Å². The van der Waals surface area contributed by atoms with Crippen LogP contribution >= 0.6 is 0 Å². The predicted octanol–water partition coefficient (Wildman–Crippen LogP) is 0.817. The van der Waals surface area contributed by atoms with E-state index in [0.29, 0.717) is 0 Å². The fraction of sp³-hybridized carbons (Fsp3) is 0.0909. The molecule has 7 nitrogen and oxygen atoms in total. The van der Waals surface area contributed by atoms with Crippen molar-refractivity contribution in [3.05, 3.63) is 39.4 Å². The molecule has 0 amide bonds. The second kappa shape index (κ2) is 5.45. The molecule has 92 valence electrons. The fourth-order valence-electron chi connectivity index (χ4n) is 1.12. The van der Waals surface area contributed by atoms with Crippen molar-refractivity contribution >= 4 is 17.6 Å². The average Bonchev–Trinajstić information content (AvgIpc) is 2.35. The lowest BCUT2D eigenvalue weighted by atomic mass is 10.1. The second-order valence-corrected chi connectivity index (χ2v) is 3.04. The van der Waals surface area contributed by atoms with E-state index in [0.717, 1.165) is 19.2 Å². The molecule has 0 saturated carbocycles. The Labute approximate surface area is 101 Å². The zero-order valence-corrected chi connectivity index (χ0v) is 9.17. The molecule has 1 rings (SSSR count). The Morgan fingerprint density at radius 3 is 2.61 bits per heavy atom. The van der Waals surface area contributed by atoms with E-state index in [9.17, 15) is 19.7 Å². The van der Waals surface area contributed by atoms with Crippen LogP contribution in [0.5, 0.6) is 0 Å². The van der Waals surface area contributed by atoms with Gasteiger partial charge in [0.25, 0.3) is 5.69 Å². The van der Waals surface area contributed by atoms with E-state index < -0.39 is 28.1 Å². The van der Waals surface area contributed by atoms with Crippen molar-refractivity contribution in [1.82, 2.24) is 0 Å². The molecule has 1 aromatic carbocycles. The van der Waals surface area contributed by atoms with Crippen LogP contribution in [-0.2, 0) is 9.53 Å². The Hall–Kier alpha value is -2.88. The minimum absolute atomic E-state index is 0.170. The number of esters is 1. The third kappa shape index (κ3) is 3.05. The van der Waals surface area contributed by atoms with Gasteiger partial charge in [-0.1, -0.05) is 5.92 Å². The zero-order chi connectivity index (χ0) is 13.7. The van der Waals surface area contributed by atoms with Crippen LogP contribution in [0.2, 0.25) is 0 Å². The normalized spacial score (nSPS) is 8.94. The Bertz CT molecular complexity index is 581. The maximum Gasteiger partial charge on any atom is 0.384 e. The van der Waals surface area contributed by atoms with Crippen LogP contribution in [0, 0.1) is 22.0 Å². The van der Waals surface area contributed by atoms with Gasteiger partial charge in [0.05, 0.1) is 12.0 Å². The molecule has 0 bridgehead atoms. The summed E-state index contributed by atoms with van der Waals surface area (Å²) in [7, 11) is 1.15. The highest BCUT2D eigenvalue weighted by molar-refractivity contribution is 5.93. The molecule has 0 aliphatic carbocycles. The summed E-state index contributed by atoms with van der Waals surface area (Å²) in [6.45, 7) is 0. The van der Waals surface area contributed by atoms with E-state index in [1.807, 2.05) is 0 Å². The average molecular weight is 249 g/mol. The molecule has 1 N–H and O–H groups in total. The summed E-state index contributed by atoms with van der Waals surface area (Å²) in [6, 6.07) is 3.29. The van der Waals surface area contributed by atoms with Crippen molar-refractivity contribution in [3.63, 3.8) is 0 Å². The highest BCUT2D eigenvalue weighted by Crippen LogP contribution is 2.19. The lowest BCUT2D eigenvalue weighted by Gasteiger charge is -1.98. The van der Waals surface area contributed by atoms with E-state index in [4.69, 9.17) is 5.11 Å². The third-order valence-corrected chi connectivity index (χ3v) is 1.92. The molecular formula is C11H7NO6. The summed E-state index contributed by atoms with van der Waals surface area (Å²) in [5.41, 5.74) is -0.855. The van der Waals surface area contributed by atoms with Gasteiger partial charge in [-0.2, -0.15) is 0 Å². The molecular weight excluding hydrogens is 242 g/mol. The number of hydrogen-bond acceptors (Lipinski definition) is 5. The first-order chi connectivity index (χ1) is 8.45. The van der Waals surface area contributed by atoms with Crippen LogP contribution in [-0.4, -0.2) is 29.1 Å². The van der Waals surface area contributed by atoms with E-state index >= 15 is 0 Å². The lowest BCUT2D eigenvalue weighted by molar-refractivity contribution is -0.385. The monoisotopic (exact) mass is 249 g/mol. The molecule has 0 atom stereocenters. The van der Waals surface area contributed by atoms with Crippen LogP contribution in [0.3, 0.4) is 0 Å². The molecule has 7 heteroatoms. The first-order valence-corrected chi connectivity index (χ1v) is 4.57. The number of nitro groups is 1. The van der Waals surface area contributed by atoms with Gasteiger partial charge in [-0.05, 0) is 12.1 Å². The first-order valence-electron chi connectivity index (χ1n) is 4.57. The maximum absolute atomic E-state index is 10.8. The summed E-state index contributed by atoms with van der Waals surface area (Å²) in [6.07, 6.45) is 0. The van der Waals surface area contributed by atoms with E-state index in [1.165, 1.54) is 6.07 Å². The number of carbonyl (C=O) groups excluding carboxylic acids is 1. The summed E-state index contributed by atoms with van der Waals surface area (Å²) in [5, 5.41) is 19.4. The number of methoxy groups -OCH3 is 1. The quantitative estimate of drug-likeness (QED) is 0.360. The molecule has 0 aliphatic heterocycles. The molecule has 0 unspecified atom stereocenters. The van der Waals surface area contributed by atoms with Crippen LogP contribution in [0.25, 0.3) is 0 Å². The molecule has 0 aliphatic rings. The number of aromatic carboxylic acids is 1. The van der Waals surface area contributed by atoms with Gasteiger partial charge in [0.1, 0.15) is 5.56 Å². The minimum Gasteiger partial charge on any atom is -0.477 e. The van der Waals surface area contributed by atoms with Gasteiger partial charge in [0.2, 0.25) is 0 Å². The van der Waals surface area contributed by atoms with Gasteiger partial charge in [-0.15, -0.1) is 0 Å². The van der Waals surface area contributed by atoms with Crippen molar-refractivity contribution < 1.29 is 24.4 Å². The minimum atomic E-state index is -1.44. The number of nitro benzene ring substituents is 1. The van der Waals surface area contributed by atoms with Gasteiger partial charge in [-0.3, -0.25) is 10.1 Å². The first kappa shape index (κ1) is 13.2. The molecule has 0 spiro atoms. The van der Waals surface area contributed by atoms with Gasteiger partial charge in [-0.25, -0.2) is 9.59 Å². The lowest BCUT2D eigenvalue weighted by Crippen LogP contribution is -2.03. The number of benzene rings is 1. The van der Waals surface area contributed by atoms with E-state index in [1.54, 1.807) is 0 Å². The smallest absolute Gasteiger partial charge is 0.384 e. The van der Waals surface area contributed by atoms with Gasteiger partial charge >= 0.3 is 11.9 Å². The van der Waals surface area contributed by atoms with Crippen molar-refractivity contribution in [2.75, 3.05) is 7.11 Å². The van der Waals surface area contributed by atoms with E-state index in [-0.39, 0.29) is 5.56 Å². The standard InChI is InChI=1S/C11H7NO6/c1-18-10(13)5-3-7-2-4-9(12(16)17)8(6-7)11(14)15/h2,4,6H,1H3,(H,14,15). The maximum atomic E-state index is 10.8. The number of carbonyl (C=O) groups is 2. The highest BCUT2D eigenvalue weighted by atomic mass is 16.6. The van der Waals surface area contributed by atoms with Crippen molar-refractivity contribution in [1.29, 1.82) is 0 Å². The number of carboxylic acids is 1. The van der Waals surface area contributed by atoms with Gasteiger partial charge in [0, 0.05) is 17.6 Å². The largest absolute Gasteiger partial charge is 0.477 e. The molecule has 1 aromatic rings. The second-order valence-electron chi connectivity index (χ2n) is 3.04. The van der Waals surface area contributed by atoms with Crippen LogP contribution in [0.1, 0.15) is 15.9 Å². The summed E-state index contributed by atoms with van der Waals surface area (Å²) < 4.78 is 4.27. The van der Waals surface area contributed by atoms with Crippen molar-refractivity contribution in [2.45, 2.75) is 0 Å². The molecule has 18 heavy (non-hydrogen) atoms.